The van der Waals surface area contributed by atoms with Gasteiger partial charge >= 0.3 is 0 Å². The molecule has 0 aromatic heterocycles. The summed E-state index contributed by atoms with van der Waals surface area (Å²) in [6.45, 7) is 6.27. The molecule has 1 amide bonds. The maximum absolute atomic E-state index is 11.2. The van der Waals surface area contributed by atoms with Gasteiger partial charge in [-0.1, -0.05) is 0 Å². The van der Waals surface area contributed by atoms with Crippen molar-refractivity contribution in [1.29, 1.82) is 0 Å². The van der Waals surface area contributed by atoms with Crippen molar-refractivity contribution in [3.05, 3.63) is 0 Å². The minimum atomic E-state index is 0.0944. The first-order valence-corrected chi connectivity index (χ1v) is 5.42. The number of rotatable bonds is 9. The lowest BCUT2D eigenvalue weighted by Gasteiger charge is -2.20. The quantitative estimate of drug-likeness (QED) is 0.542. The van der Waals surface area contributed by atoms with Crippen molar-refractivity contribution in [2.24, 2.45) is 5.73 Å². The Labute approximate surface area is 91.9 Å². The molecule has 0 aliphatic rings. The number of carbonyl (C=O) groups is 1. The second-order valence-corrected chi connectivity index (χ2v) is 3.33. The van der Waals surface area contributed by atoms with Gasteiger partial charge in [-0.15, -0.1) is 0 Å². The number of methoxy groups -OCH3 is 1. The molecule has 0 radical (unpaired) electrons. The van der Waals surface area contributed by atoms with Crippen molar-refractivity contribution in [2.45, 2.75) is 13.3 Å². The molecule has 3 N–H and O–H groups in total. The Bertz CT molecular complexity index is 165. The van der Waals surface area contributed by atoms with Crippen molar-refractivity contribution >= 4 is 5.91 Å². The molecule has 0 heterocycles. The van der Waals surface area contributed by atoms with Gasteiger partial charge in [-0.3, -0.25) is 9.69 Å². The maximum atomic E-state index is 11.2. The molecule has 0 aliphatic carbocycles. The number of ether oxygens (including phenoxy) is 1. The predicted molar refractivity (Wildman–Crippen MR) is 60.7 cm³/mol. The molecule has 5 nitrogen and oxygen atoms in total. The van der Waals surface area contributed by atoms with E-state index in [4.69, 9.17) is 10.5 Å². The van der Waals surface area contributed by atoms with Crippen molar-refractivity contribution in [1.82, 2.24) is 10.2 Å². The van der Waals surface area contributed by atoms with Crippen LogP contribution in [-0.2, 0) is 9.53 Å². The van der Waals surface area contributed by atoms with Crippen LogP contribution in [0.2, 0.25) is 0 Å². The molecule has 15 heavy (non-hydrogen) atoms. The Morgan fingerprint density at radius 3 is 2.67 bits per heavy atom. The monoisotopic (exact) mass is 217 g/mol. The van der Waals surface area contributed by atoms with Gasteiger partial charge < -0.3 is 15.8 Å². The Hall–Kier alpha value is -0.650. The van der Waals surface area contributed by atoms with Gasteiger partial charge in [0.15, 0.2) is 0 Å². The van der Waals surface area contributed by atoms with E-state index < -0.39 is 0 Å². The number of hydrogen-bond acceptors (Lipinski definition) is 4. The third-order valence-corrected chi connectivity index (χ3v) is 2.09. The van der Waals surface area contributed by atoms with Gasteiger partial charge in [-0.25, -0.2) is 0 Å². The molecule has 0 saturated carbocycles. The highest BCUT2D eigenvalue weighted by atomic mass is 16.5. The van der Waals surface area contributed by atoms with E-state index in [-0.39, 0.29) is 5.91 Å². The van der Waals surface area contributed by atoms with Gasteiger partial charge in [0.25, 0.3) is 0 Å². The number of carbonyl (C=O) groups excluding carboxylic acids is 1. The van der Waals surface area contributed by atoms with Gasteiger partial charge in [-0.05, 0) is 6.92 Å². The van der Waals surface area contributed by atoms with E-state index in [0.29, 0.717) is 26.1 Å². The van der Waals surface area contributed by atoms with Crippen molar-refractivity contribution in [3.8, 4) is 0 Å². The average Bonchev–Trinajstić information content (AvgIpc) is 2.22. The normalized spacial score (nSPS) is 10.7. The van der Waals surface area contributed by atoms with Crippen molar-refractivity contribution in [3.63, 3.8) is 0 Å². The smallest absolute Gasteiger partial charge is 0.221 e. The highest BCUT2D eigenvalue weighted by Gasteiger charge is 2.06. The van der Waals surface area contributed by atoms with Crippen LogP contribution in [0.5, 0.6) is 0 Å². The average molecular weight is 217 g/mol. The molecular weight excluding hydrogens is 194 g/mol. The zero-order valence-corrected chi connectivity index (χ0v) is 9.79. The number of nitrogens with zero attached hydrogens (tertiary/aromatic N) is 1. The summed E-state index contributed by atoms with van der Waals surface area (Å²) in [6, 6.07) is 0. The Morgan fingerprint density at radius 2 is 2.13 bits per heavy atom. The zero-order valence-electron chi connectivity index (χ0n) is 9.79. The molecular formula is C10H23N3O2. The van der Waals surface area contributed by atoms with E-state index in [9.17, 15) is 4.79 Å². The fourth-order valence-corrected chi connectivity index (χ4v) is 1.28. The summed E-state index contributed by atoms with van der Waals surface area (Å²) in [5.41, 5.74) is 5.48. The maximum Gasteiger partial charge on any atom is 0.221 e. The van der Waals surface area contributed by atoms with E-state index in [1.807, 2.05) is 6.92 Å². The van der Waals surface area contributed by atoms with Crippen LogP contribution in [0.4, 0.5) is 0 Å². The number of hydrogen-bond donors (Lipinski definition) is 2. The molecule has 0 spiro atoms. The van der Waals surface area contributed by atoms with E-state index >= 15 is 0 Å². The van der Waals surface area contributed by atoms with Crippen LogP contribution in [0.25, 0.3) is 0 Å². The summed E-state index contributed by atoms with van der Waals surface area (Å²) in [5.74, 6) is 0.0944. The summed E-state index contributed by atoms with van der Waals surface area (Å²) in [6.07, 6.45) is 0.525. The van der Waals surface area contributed by atoms with Gasteiger partial charge in [0, 0.05) is 46.3 Å². The molecule has 5 heteroatoms. The topological polar surface area (TPSA) is 67.6 Å². The van der Waals surface area contributed by atoms with Gasteiger partial charge in [0.05, 0.1) is 6.61 Å². The highest BCUT2D eigenvalue weighted by molar-refractivity contribution is 5.75. The molecule has 0 rings (SSSR count). The minimum Gasteiger partial charge on any atom is -0.383 e. The van der Waals surface area contributed by atoms with Gasteiger partial charge in [-0.2, -0.15) is 0 Å². The van der Waals surface area contributed by atoms with E-state index in [0.717, 1.165) is 19.6 Å². The van der Waals surface area contributed by atoms with Gasteiger partial charge in [0.2, 0.25) is 5.91 Å². The van der Waals surface area contributed by atoms with E-state index in [1.54, 1.807) is 7.11 Å². The molecule has 90 valence electrons. The first kappa shape index (κ1) is 14.3. The van der Waals surface area contributed by atoms with Crippen LogP contribution in [0.3, 0.4) is 0 Å². The van der Waals surface area contributed by atoms with Gasteiger partial charge in [0.1, 0.15) is 0 Å². The predicted octanol–water partition coefficient (Wildman–Crippen LogP) is -0.580. The van der Waals surface area contributed by atoms with Crippen LogP contribution in [0, 0.1) is 0 Å². The van der Waals surface area contributed by atoms with Crippen LogP contribution in [0.15, 0.2) is 0 Å². The summed E-state index contributed by atoms with van der Waals surface area (Å²) < 4.78 is 4.99. The third-order valence-electron chi connectivity index (χ3n) is 2.09. The third kappa shape index (κ3) is 8.35. The molecule has 0 fully saturated rings. The van der Waals surface area contributed by atoms with Crippen LogP contribution in [-0.4, -0.2) is 57.2 Å². The molecule has 0 aromatic carbocycles. The number of nitrogens with two attached hydrogens (primary N) is 1. The first-order chi connectivity index (χ1) is 7.24. The Kier molecular flexibility index (Phi) is 9.46. The molecule has 0 atom stereocenters. The molecule has 0 aromatic rings. The number of nitrogens with one attached hydrogen (secondary N) is 1. The minimum absolute atomic E-state index is 0.0944. The highest BCUT2D eigenvalue weighted by Crippen LogP contribution is 1.91. The summed E-state index contributed by atoms with van der Waals surface area (Å²) in [7, 11) is 1.67. The lowest BCUT2D eigenvalue weighted by molar-refractivity contribution is -0.121. The zero-order chi connectivity index (χ0) is 11.5. The van der Waals surface area contributed by atoms with Crippen LogP contribution in [0.1, 0.15) is 13.3 Å². The fourth-order valence-electron chi connectivity index (χ4n) is 1.28. The molecule has 0 saturated heterocycles. The Morgan fingerprint density at radius 1 is 1.40 bits per heavy atom. The SMILES string of the molecule is CCNC(=O)CCN(CCN)CCOC. The molecule has 0 aliphatic heterocycles. The second kappa shape index (κ2) is 9.89. The fraction of sp³-hybridized carbons (Fsp3) is 0.900. The van der Waals surface area contributed by atoms with Crippen LogP contribution >= 0.6 is 0 Å². The molecule has 0 bridgehead atoms. The lowest BCUT2D eigenvalue weighted by atomic mass is 10.3. The van der Waals surface area contributed by atoms with Crippen molar-refractivity contribution < 1.29 is 9.53 Å². The molecule has 0 unspecified atom stereocenters. The lowest BCUT2D eigenvalue weighted by Crippen LogP contribution is -2.36. The summed E-state index contributed by atoms with van der Waals surface area (Å²) >= 11 is 0. The first-order valence-electron chi connectivity index (χ1n) is 5.42. The largest absolute Gasteiger partial charge is 0.383 e. The van der Waals surface area contributed by atoms with E-state index in [1.165, 1.54) is 0 Å². The summed E-state index contributed by atoms with van der Waals surface area (Å²) in [5, 5.41) is 2.77. The summed E-state index contributed by atoms with van der Waals surface area (Å²) in [4.78, 5) is 13.4. The van der Waals surface area contributed by atoms with E-state index in [2.05, 4.69) is 10.2 Å². The Balaban J connectivity index is 3.68. The van der Waals surface area contributed by atoms with Crippen LogP contribution < -0.4 is 11.1 Å². The second-order valence-electron chi connectivity index (χ2n) is 3.33. The standard InChI is InChI=1S/C10H23N3O2/c1-3-12-10(14)4-6-13(7-5-11)8-9-15-2/h3-9,11H2,1-2H3,(H,12,14). The number of amides is 1. The van der Waals surface area contributed by atoms with Crippen molar-refractivity contribution in [2.75, 3.05) is 46.4 Å².